The Labute approximate surface area is 105 Å². The quantitative estimate of drug-likeness (QED) is 0.438. The summed E-state index contributed by atoms with van der Waals surface area (Å²) in [6, 6.07) is 7.49. The van der Waals surface area contributed by atoms with Crippen LogP contribution in [0.5, 0.6) is 0 Å². The number of nitrogens with one attached hydrogen (secondary N) is 1. The van der Waals surface area contributed by atoms with Crippen molar-refractivity contribution in [3.8, 4) is 0 Å². The van der Waals surface area contributed by atoms with Gasteiger partial charge in [0.05, 0.1) is 5.25 Å². The highest BCUT2D eigenvalue weighted by molar-refractivity contribution is 7.80. The Bertz CT molecular complexity index is 530. The van der Waals surface area contributed by atoms with Crippen LogP contribution in [0.25, 0.3) is 0 Å². The number of nitrogens with zero attached hydrogens (tertiary/aromatic N) is 2. The Balaban J connectivity index is 2.29. The van der Waals surface area contributed by atoms with Crippen molar-refractivity contribution >= 4 is 18.5 Å². The largest absolute Gasteiger partial charge is 0.384 e. The number of thiol groups is 1. The zero-order valence-electron chi connectivity index (χ0n) is 9.46. The van der Waals surface area contributed by atoms with E-state index in [0.29, 0.717) is 5.56 Å². The molecule has 2 rings (SSSR count). The number of imidazole rings is 1. The average Bonchev–Trinajstić information content (AvgIpc) is 2.74. The van der Waals surface area contributed by atoms with Crippen LogP contribution in [0.3, 0.4) is 0 Å². The van der Waals surface area contributed by atoms with E-state index in [2.05, 4.69) is 17.6 Å². The van der Waals surface area contributed by atoms with Crippen molar-refractivity contribution in [2.45, 2.75) is 5.25 Å². The van der Waals surface area contributed by atoms with Gasteiger partial charge in [-0.2, -0.15) is 12.6 Å². The molecule has 0 aliphatic rings. The molecule has 88 valence electrons. The number of aromatic nitrogens is 2. The van der Waals surface area contributed by atoms with Crippen LogP contribution in [0, 0.1) is 5.41 Å². The second-order valence-electron chi connectivity index (χ2n) is 3.83. The lowest BCUT2D eigenvalue weighted by Crippen LogP contribution is -2.11. The zero-order valence-corrected chi connectivity index (χ0v) is 10.4. The minimum atomic E-state index is -0.0731. The van der Waals surface area contributed by atoms with E-state index in [1.54, 1.807) is 6.20 Å². The maximum Gasteiger partial charge on any atom is 0.125 e. The van der Waals surface area contributed by atoms with Crippen molar-refractivity contribution in [3.63, 3.8) is 0 Å². The Hall–Kier alpha value is -1.75. The summed E-state index contributed by atoms with van der Waals surface area (Å²) in [5, 5.41) is 7.26. The molecule has 0 spiro atoms. The second-order valence-corrected chi connectivity index (χ2v) is 4.35. The van der Waals surface area contributed by atoms with Crippen molar-refractivity contribution in [2.24, 2.45) is 12.8 Å². The Morgan fingerprint density at radius 3 is 2.53 bits per heavy atom. The molecular formula is C12H14N4S. The average molecular weight is 246 g/mol. The van der Waals surface area contributed by atoms with Gasteiger partial charge in [-0.3, -0.25) is 5.41 Å². The monoisotopic (exact) mass is 246 g/mol. The molecule has 0 bridgehead atoms. The summed E-state index contributed by atoms with van der Waals surface area (Å²) in [7, 11) is 1.94. The van der Waals surface area contributed by atoms with Gasteiger partial charge < -0.3 is 10.3 Å². The maximum absolute atomic E-state index is 7.33. The van der Waals surface area contributed by atoms with E-state index in [9.17, 15) is 0 Å². The molecule has 0 aliphatic heterocycles. The van der Waals surface area contributed by atoms with Gasteiger partial charge in [0.2, 0.25) is 0 Å². The summed E-state index contributed by atoms with van der Waals surface area (Å²) < 4.78 is 1.94. The van der Waals surface area contributed by atoms with Crippen molar-refractivity contribution in [3.05, 3.63) is 53.6 Å². The molecule has 0 radical (unpaired) electrons. The molecule has 4 nitrogen and oxygen atoms in total. The molecule has 0 aliphatic carbocycles. The molecule has 1 aromatic heterocycles. The van der Waals surface area contributed by atoms with Gasteiger partial charge in [0.15, 0.2) is 0 Å². The first-order valence-corrected chi connectivity index (χ1v) is 5.71. The molecule has 3 N–H and O–H groups in total. The molecular weight excluding hydrogens is 232 g/mol. The van der Waals surface area contributed by atoms with Crippen LogP contribution in [-0.2, 0) is 7.05 Å². The fourth-order valence-corrected chi connectivity index (χ4v) is 2.06. The van der Waals surface area contributed by atoms with Gasteiger partial charge in [-0.25, -0.2) is 4.98 Å². The number of hydrogen-bond donors (Lipinski definition) is 3. The minimum absolute atomic E-state index is 0.0731. The summed E-state index contributed by atoms with van der Waals surface area (Å²) in [6.45, 7) is 0. The van der Waals surface area contributed by atoms with E-state index in [0.717, 1.165) is 11.4 Å². The predicted octanol–water partition coefficient (Wildman–Crippen LogP) is 1.72. The number of hydrogen-bond acceptors (Lipinski definition) is 3. The number of amidine groups is 1. The molecule has 1 atom stereocenters. The standard InChI is InChI=1S/C12H14N4S/c1-16-7-6-15-12(16)10(17)8-2-4-9(5-3-8)11(13)14/h2-7,10,17H,1H3,(H3,13,14). The zero-order chi connectivity index (χ0) is 12.4. The van der Waals surface area contributed by atoms with E-state index in [-0.39, 0.29) is 11.1 Å². The van der Waals surface area contributed by atoms with Gasteiger partial charge in [0, 0.05) is 25.0 Å². The molecule has 1 heterocycles. The number of aryl methyl sites for hydroxylation is 1. The normalized spacial score (nSPS) is 12.4. The third-order valence-corrected chi connectivity index (χ3v) is 3.17. The van der Waals surface area contributed by atoms with Gasteiger partial charge in [-0.1, -0.05) is 24.3 Å². The first-order valence-electron chi connectivity index (χ1n) is 5.19. The fraction of sp³-hybridized carbons (Fsp3) is 0.167. The molecule has 2 aromatic rings. The van der Waals surface area contributed by atoms with E-state index in [1.165, 1.54) is 0 Å². The smallest absolute Gasteiger partial charge is 0.125 e. The topological polar surface area (TPSA) is 67.7 Å². The number of rotatable bonds is 3. The predicted molar refractivity (Wildman–Crippen MR) is 71.5 cm³/mol. The molecule has 0 saturated carbocycles. The number of nitrogen functional groups attached to an aromatic ring is 1. The van der Waals surface area contributed by atoms with Crippen LogP contribution in [0.1, 0.15) is 22.2 Å². The molecule has 0 saturated heterocycles. The van der Waals surface area contributed by atoms with E-state index >= 15 is 0 Å². The van der Waals surface area contributed by atoms with Crippen molar-refractivity contribution < 1.29 is 0 Å². The van der Waals surface area contributed by atoms with Gasteiger partial charge in [0.1, 0.15) is 11.7 Å². The van der Waals surface area contributed by atoms with Crippen LogP contribution < -0.4 is 5.73 Å². The van der Waals surface area contributed by atoms with Gasteiger partial charge in [0.25, 0.3) is 0 Å². The third-order valence-electron chi connectivity index (χ3n) is 2.64. The maximum atomic E-state index is 7.33. The molecule has 0 amide bonds. The number of nitrogens with two attached hydrogens (primary N) is 1. The van der Waals surface area contributed by atoms with E-state index < -0.39 is 0 Å². The SMILES string of the molecule is Cn1ccnc1C(S)c1ccc(C(=N)N)cc1. The second kappa shape index (κ2) is 4.63. The van der Waals surface area contributed by atoms with Crippen LogP contribution >= 0.6 is 12.6 Å². The van der Waals surface area contributed by atoms with Gasteiger partial charge >= 0.3 is 0 Å². The Morgan fingerprint density at radius 1 is 1.41 bits per heavy atom. The minimum Gasteiger partial charge on any atom is -0.384 e. The molecule has 17 heavy (non-hydrogen) atoms. The number of benzene rings is 1. The van der Waals surface area contributed by atoms with Crippen molar-refractivity contribution in [1.29, 1.82) is 5.41 Å². The fourth-order valence-electron chi connectivity index (χ4n) is 1.63. The van der Waals surface area contributed by atoms with Gasteiger partial charge in [-0.15, -0.1) is 0 Å². The van der Waals surface area contributed by atoms with Crippen LogP contribution in [0.15, 0.2) is 36.7 Å². The third kappa shape index (κ3) is 2.34. The van der Waals surface area contributed by atoms with Crippen molar-refractivity contribution in [1.82, 2.24) is 9.55 Å². The molecule has 0 fully saturated rings. The van der Waals surface area contributed by atoms with Crippen molar-refractivity contribution in [2.75, 3.05) is 0 Å². The summed E-state index contributed by atoms with van der Waals surface area (Å²) in [5.74, 6) is 0.966. The summed E-state index contributed by atoms with van der Waals surface area (Å²) in [4.78, 5) is 4.27. The molecule has 1 unspecified atom stereocenters. The lowest BCUT2D eigenvalue weighted by Gasteiger charge is -2.11. The van der Waals surface area contributed by atoms with Gasteiger partial charge in [-0.05, 0) is 5.56 Å². The van der Waals surface area contributed by atoms with Crippen LogP contribution in [0.2, 0.25) is 0 Å². The first kappa shape index (κ1) is 11.7. The highest BCUT2D eigenvalue weighted by Crippen LogP contribution is 2.26. The van der Waals surface area contributed by atoms with E-state index in [4.69, 9.17) is 11.1 Å². The Kier molecular flexibility index (Phi) is 3.19. The van der Waals surface area contributed by atoms with Crippen LogP contribution in [0.4, 0.5) is 0 Å². The highest BCUT2D eigenvalue weighted by Gasteiger charge is 2.13. The highest BCUT2D eigenvalue weighted by atomic mass is 32.1. The van der Waals surface area contributed by atoms with E-state index in [1.807, 2.05) is 42.1 Å². The molecule has 1 aromatic carbocycles. The molecule has 5 heteroatoms. The lowest BCUT2D eigenvalue weighted by atomic mass is 10.1. The van der Waals surface area contributed by atoms with Crippen LogP contribution in [-0.4, -0.2) is 15.4 Å². The Morgan fingerprint density at radius 2 is 2.06 bits per heavy atom. The summed E-state index contributed by atoms with van der Waals surface area (Å²) in [6.07, 6.45) is 3.64. The first-order chi connectivity index (χ1) is 8.09. The summed E-state index contributed by atoms with van der Waals surface area (Å²) >= 11 is 4.56. The summed E-state index contributed by atoms with van der Waals surface area (Å²) in [5.41, 5.74) is 7.16. The lowest BCUT2D eigenvalue weighted by molar-refractivity contribution is 0.815.